The van der Waals surface area contributed by atoms with Crippen molar-refractivity contribution < 1.29 is 14.6 Å². The van der Waals surface area contributed by atoms with E-state index < -0.39 is 0 Å². The first kappa shape index (κ1) is 14.4. The molecule has 4 nitrogen and oxygen atoms in total. The summed E-state index contributed by atoms with van der Waals surface area (Å²) >= 11 is 0. The summed E-state index contributed by atoms with van der Waals surface area (Å²) in [6.45, 7) is 6.22. The normalized spacial score (nSPS) is 10.7. The van der Waals surface area contributed by atoms with Gasteiger partial charge in [-0.25, -0.2) is 0 Å². The van der Waals surface area contributed by atoms with Gasteiger partial charge in [0.25, 0.3) is 0 Å². The number of ether oxygens (including phenoxy) is 1. The van der Waals surface area contributed by atoms with Crippen molar-refractivity contribution in [2.24, 2.45) is 5.92 Å². The lowest BCUT2D eigenvalue weighted by Crippen LogP contribution is -2.27. The zero-order chi connectivity index (χ0) is 11.5. The Morgan fingerprint density at radius 2 is 2.13 bits per heavy atom. The summed E-state index contributed by atoms with van der Waals surface area (Å²) in [4.78, 5) is 11.2. The Bertz CT molecular complexity index is 160. The molecule has 0 heterocycles. The summed E-state index contributed by atoms with van der Waals surface area (Å²) in [5, 5.41) is 11.3. The molecule has 0 aromatic rings. The van der Waals surface area contributed by atoms with Crippen LogP contribution < -0.4 is 5.32 Å². The van der Waals surface area contributed by atoms with Gasteiger partial charge in [0, 0.05) is 26.2 Å². The van der Waals surface area contributed by atoms with Gasteiger partial charge in [-0.3, -0.25) is 4.79 Å². The van der Waals surface area contributed by atoms with Crippen LogP contribution >= 0.6 is 0 Å². The van der Waals surface area contributed by atoms with E-state index in [2.05, 4.69) is 19.2 Å². The van der Waals surface area contributed by atoms with Crippen LogP contribution in [-0.2, 0) is 9.53 Å². The molecule has 15 heavy (non-hydrogen) atoms. The van der Waals surface area contributed by atoms with E-state index >= 15 is 0 Å². The summed E-state index contributed by atoms with van der Waals surface area (Å²) in [6.07, 6.45) is 1.93. The summed E-state index contributed by atoms with van der Waals surface area (Å²) in [7, 11) is 0. The van der Waals surface area contributed by atoms with Crippen molar-refractivity contribution in [1.29, 1.82) is 0 Å². The fourth-order valence-corrected chi connectivity index (χ4v) is 1.07. The zero-order valence-corrected chi connectivity index (χ0v) is 9.79. The smallest absolute Gasteiger partial charge is 0.220 e. The Labute approximate surface area is 92.0 Å². The predicted octanol–water partition coefficient (Wildman–Crippen LogP) is 0.938. The molecule has 0 aromatic heterocycles. The number of hydrogen-bond acceptors (Lipinski definition) is 3. The van der Waals surface area contributed by atoms with Gasteiger partial charge in [-0.05, 0) is 18.8 Å². The molecular weight excluding hydrogens is 194 g/mol. The Hall–Kier alpha value is -0.610. The Morgan fingerprint density at radius 1 is 1.40 bits per heavy atom. The second-order valence-corrected chi connectivity index (χ2v) is 4.00. The first-order chi connectivity index (χ1) is 7.16. The van der Waals surface area contributed by atoms with Gasteiger partial charge in [0.1, 0.15) is 0 Å². The molecule has 4 heteroatoms. The molecule has 0 aliphatic carbocycles. The average Bonchev–Trinajstić information content (AvgIpc) is 2.17. The minimum absolute atomic E-state index is 0.0385. The Morgan fingerprint density at radius 3 is 2.73 bits per heavy atom. The second-order valence-electron chi connectivity index (χ2n) is 4.00. The standard InChI is InChI=1S/C11H23NO3/c1-10(2)9-15-8-6-12-11(14)5-3-4-7-13/h10,13H,3-9H2,1-2H3,(H,12,14). The fraction of sp³-hybridized carbons (Fsp3) is 0.909. The first-order valence-corrected chi connectivity index (χ1v) is 5.62. The number of carbonyl (C=O) groups is 1. The number of unbranched alkanes of at least 4 members (excludes halogenated alkanes) is 1. The van der Waals surface area contributed by atoms with Gasteiger partial charge in [0.05, 0.1) is 6.61 Å². The molecule has 0 aromatic carbocycles. The van der Waals surface area contributed by atoms with E-state index in [0.29, 0.717) is 31.9 Å². The number of aliphatic hydroxyl groups excluding tert-OH is 1. The van der Waals surface area contributed by atoms with Gasteiger partial charge < -0.3 is 15.2 Å². The maximum Gasteiger partial charge on any atom is 0.220 e. The van der Waals surface area contributed by atoms with E-state index in [1.807, 2.05) is 0 Å². The molecule has 0 spiro atoms. The second kappa shape index (κ2) is 9.93. The first-order valence-electron chi connectivity index (χ1n) is 5.62. The lowest BCUT2D eigenvalue weighted by atomic mass is 10.2. The van der Waals surface area contributed by atoms with E-state index in [9.17, 15) is 4.79 Å². The summed E-state index contributed by atoms with van der Waals surface area (Å²) in [5.74, 6) is 0.571. The van der Waals surface area contributed by atoms with Crippen molar-refractivity contribution in [3.05, 3.63) is 0 Å². The van der Waals surface area contributed by atoms with E-state index in [0.717, 1.165) is 13.0 Å². The number of hydrogen-bond donors (Lipinski definition) is 2. The SMILES string of the molecule is CC(C)COCCNC(=O)CCCCO. The molecule has 2 N–H and O–H groups in total. The highest BCUT2D eigenvalue weighted by Gasteiger charge is 2.00. The molecular formula is C11H23NO3. The maximum atomic E-state index is 11.2. The number of carbonyl (C=O) groups excluding carboxylic acids is 1. The fourth-order valence-electron chi connectivity index (χ4n) is 1.07. The minimum Gasteiger partial charge on any atom is -0.396 e. The zero-order valence-electron chi connectivity index (χ0n) is 9.79. The Kier molecular flexibility index (Phi) is 9.52. The molecule has 0 atom stereocenters. The van der Waals surface area contributed by atoms with E-state index in [1.54, 1.807) is 0 Å². The molecule has 0 bridgehead atoms. The highest BCUT2D eigenvalue weighted by Crippen LogP contribution is 1.94. The largest absolute Gasteiger partial charge is 0.396 e. The van der Waals surface area contributed by atoms with Crippen molar-refractivity contribution in [2.75, 3.05) is 26.4 Å². The number of rotatable bonds is 9. The van der Waals surface area contributed by atoms with Gasteiger partial charge in [-0.15, -0.1) is 0 Å². The lowest BCUT2D eigenvalue weighted by molar-refractivity contribution is -0.121. The van der Waals surface area contributed by atoms with Crippen molar-refractivity contribution >= 4 is 5.91 Å². The van der Waals surface area contributed by atoms with Gasteiger partial charge in [0.15, 0.2) is 0 Å². The number of aliphatic hydroxyl groups is 1. The highest BCUT2D eigenvalue weighted by molar-refractivity contribution is 5.75. The van der Waals surface area contributed by atoms with Gasteiger partial charge in [-0.2, -0.15) is 0 Å². The summed E-state index contributed by atoms with van der Waals surface area (Å²) in [5.41, 5.74) is 0. The number of amides is 1. The maximum absolute atomic E-state index is 11.2. The molecule has 1 amide bonds. The lowest BCUT2D eigenvalue weighted by Gasteiger charge is -2.07. The van der Waals surface area contributed by atoms with Crippen LogP contribution in [0.15, 0.2) is 0 Å². The van der Waals surface area contributed by atoms with Crippen molar-refractivity contribution in [3.8, 4) is 0 Å². The van der Waals surface area contributed by atoms with Crippen LogP contribution in [0.25, 0.3) is 0 Å². The molecule has 0 saturated carbocycles. The van der Waals surface area contributed by atoms with Crippen LogP contribution in [0.4, 0.5) is 0 Å². The van der Waals surface area contributed by atoms with Crippen LogP contribution in [-0.4, -0.2) is 37.4 Å². The van der Waals surface area contributed by atoms with Crippen LogP contribution in [0.2, 0.25) is 0 Å². The summed E-state index contributed by atoms with van der Waals surface area (Å²) in [6, 6.07) is 0. The molecule has 0 aliphatic rings. The van der Waals surface area contributed by atoms with Crippen LogP contribution in [0.3, 0.4) is 0 Å². The van der Waals surface area contributed by atoms with Crippen LogP contribution in [0, 0.1) is 5.92 Å². The van der Waals surface area contributed by atoms with Crippen LogP contribution in [0.1, 0.15) is 33.1 Å². The van der Waals surface area contributed by atoms with Gasteiger partial charge in [0.2, 0.25) is 5.91 Å². The predicted molar refractivity (Wildman–Crippen MR) is 59.6 cm³/mol. The van der Waals surface area contributed by atoms with E-state index in [1.165, 1.54) is 0 Å². The van der Waals surface area contributed by atoms with Crippen LogP contribution in [0.5, 0.6) is 0 Å². The van der Waals surface area contributed by atoms with Gasteiger partial charge in [-0.1, -0.05) is 13.8 Å². The van der Waals surface area contributed by atoms with Crippen molar-refractivity contribution in [1.82, 2.24) is 5.32 Å². The average molecular weight is 217 g/mol. The van der Waals surface area contributed by atoms with Crippen molar-refractivity contribution in [2.45, 2.75) is 33.1 Å². The number of nitrogens with one attached hydrogen (secondary N) is 1. The molecule has 0 rings (SSSR count). The molecule has 90 valence electrons. The third-order valence-electron chi connectivity index (χ3n) is 1.83. The topological polar surface area (TPSA) is 58.6 Å². The quantitative estimate of drug-likeness (QED) is 0.565. The Balaban J connectivity index is 3.17. The van der Waals surface area contributed by atoms with Crippen molar-refractivity contribution in [3.63, 3.8) is 0 Å². The summed E-state index contributed by atoms with van der Waals surface area (Å²) < 4.78 is 5.32. The van der Waals surface area contributed by atoms with Gasteiger partial charge >= 0.3 is 0 Å². The van der Waals surface area contributed by atoms with E-state index in [-0.39, 0.29) is 12.5 Å². The highest BCUT2D eigenvalue weighted by atomic mass is 16.5. The molecule has 0 aliphatic heterocycles. The molecule has 0 unspecified atom stereocenters. The molecule has 0 saturated heterocycles. The minimum atomic E-state index is 0.0385. The third kappa shape index (κ3) is 11.3. The monoisotopic (exact) mass is 217 g/mol. The third-order valence-corrected chi connectivity index (χ3v) is 1.83. The molecule has 0 radical (unpaired) electrons. The van der Waals surface area contributed by atoms with E-state index in [4.69, 9.17) is 9.84 Å². The molecule has 0 fully saturated rings.